The zero-order valence-corrected chi connectivity index (χ0v) is 16.9. The normalized spacial score (nSPS) is 13.1. The van der Waals surface area contributed by atoms with Crippen molar-refractivity contribution in [1.82, 2.24) is 10.2 Å². The molecule has 0 aliphatic carbocycles. The van der Waals surface area contributed by atoms with Gasteiger partial charge >= 0.3 is 6.03 Å². The summed E-state index contributed by atoms with van der Waals surface area (Å²) in [5.41, 5.74) is 9.16. The Morgan fingerprint density at radius 2 is 1.89 bits per heavy atom. The van der Waals surface area contributed by atoms with Gasteiger partial charge in [-0.05, 0) is 36.6 Å². The van der Waals surface area contributed by atoms with Gasteiger partial charge in [0, 0.05) is 44.0 Å². The van der Waals surface area contributed by atoms with E-state index < -0.39 is 0 Å². The molecule has 0 saturated carbocycles. The summed E-state index contributed by atoms with van der Waals surface area (Å²) in [6.45, 7) is 4.64. The number of nitrogens with zero attached hydrogens (tertiary/aromatic N) is 2. The number of anilines is 1. The van der Waals surface area contributed by atoms with E-state index in [9.17, 15) is 9.59 Å². The van der Waals surface area contributed by atoms with Crippen LogP contribution in [-0.4, -0.2) is 49.6 Å². The van der Waals surface area contributed by atoms with E-state index in [1.807, 2.05) is 43.3 Å². The Labute approximate surface area is 172 Å². The lowest BCUT2D eigenvalue weighted by atomic mass is 10.0. The van der Waals surface area contributed by atoms with Crippen LogP contribution >= 0.6 is 12.4 Å². The number of hydrogen-bond donors (Lipinski definition) is 2. The predicted octanol–water partition coefficient (Wildman–Crippen LogP) is 2.59. The average molecular weight is 403 g/mol. The van der Waals surface area contributed by atoms with Crippen LogP contribution in [0.15, 0.2) is 48.5 Å². The van der Waals surface area contributed by atoms with Gasteiger partial charge in [0.15, 0.2) is 0 Å². The highest BCUT2D eigenvalue weighted by Crippen LogP contribution is 2.25. The van der Waals surface area contributed by atoms with Gasteiger partial charge in [-0.1, -0.05) is 36.4 Å². The molecule has 1 saturated heterocycles. The molecule has 0 spiro atoms. The number of rotatable bonds is 7. The van der Waals surface area contributed by atoms with Gasteiger partial charge in [-0.2, -0.15) is 0 Å². The van der Waals surface area contributed by atoms with E-state index in [2.05, 4.69) is 17.4 Å². The molecular weight excluding hydrogens is 376 g/mol. The lowest BCUT2D eigenvalue weighted by Gasteiger charge is -2.25. The van der Waals surface area contributed by atoms with Crippen LogP contribution in [0.3, 0.4) is 0 Å². The van der Waals surface area contributed by atoms with E-state index in [-0.39, 0.29) is 24.3 Å². The molecule has 1 aliphatic rings. The summed E-state index contributed by atoms with van der Waals surface area (Å²) in [5.74, 6) is -0.0460. The third-order valence-corrected chi connectivity index (χ3v) is 4.88. The Morgan fingerprint density at radius 1 is 1.14 bits per heavy atom. The Morgan fingerprint density at radius 3 is 2.54 bits per heavy atom. The SMILES string of the molecule is Cc1c(C(=O)N(CCN)CCc2ccccc2)cccc1N1CCNC1=O.Cl. The van der Waals surface area contributed by atoms with Crippen molar-refractivity contribution in [3.05, 3.63) is 65.2 Å². The lowest BCUT2D eigenvalue weighted by molar-refractivity contribution is 0.0761. The van der Waals surface area contributed by atoms with Gasteiger partial charge in [0.25, 0.3) is 5.91 Å². The molecule has 1 aliphatic heterocycles. The molecule has 1 heterocycles. The number of carbonyl (C=O) groups is 2. The maximum absolute atomic E-state index is 13.2. The number of halogens is 1. The van der Waals surface area contributed by atoms with Crippen LogP contribution in [0.5, 0.6) is 0 Å². The summed E-state index contributed by atoms with van der Waals surface area (Å²) in [7, 11) is 0. The van der Waals surface area contributed by atoms with E-state index in [1.165, 1.54) is 5.56 Å². The second kappa shape index (κ2) is 10.1. The Bertz CT molecular complexity index is 813. The zero-order chi connectivity index (χ0) is 19.2. The van der Waals surface area contributed by atoms with Crippen LogP contribution in [0.1, 0.15) is 21.5 Å². The topological polar surface area (TPSA) is 78.7 Å². The number of nitrogens with one attached hydrogen (secondary N) is 1. The third-order valence-electron chi connectivity index (χ3n) is 4.88. The number of hydrogen-bond acceptors (Lipinski definition) is 3. The van der Waals surface area contributed by atoms with Gasteiger partial charge in [-0.3, -0.25) is 9.69 Å². The van der Waals surface area contributed by atoms with Crippen LogP contribution < -0.4 is 16.0 Å². The standard InChI is InChI=1S/C21H26N4O2.ClH/c1-16-18(8-5-9-19(16)25-15-12-23-21(25)27)20(26)24(14-11-22)13-10-17-6-3-2-4-7-17;/h2-9H,10-15,22H2,1H3,(H,23,27);1H. The highest BCUT2D eigenvalue weighted by molar-refractivity contribution is 6.00. The molecule has 3 N–H and O–H groups in total. The molecule has 2 aromatic rings. The van der Waals surface area contributed by atoms with Crippen molar-refractivity contribution >= 4 is 30.0 Å². The Kier molecular flexibility index (Phi) is 7.84. The van der Waals surface area contributed by atoms with E-state index >= 15 is 0 Å². The van der Waals surface area contributed by atoms with Crippen molar-refractivity contribution in [1.29, 1.82) is 0 Å². The zero-order valence-electron chi connectivity index (χ0n) is 16.1. The summed E-state index contributed by atoms with van der Waals surface area (Å²) in [4.78, 5) is 28.7. The average Bonchev–Trinajstić information content (AvgIpc) is 3.11. The minimum absolute atomic E-state index is 0. The van der Waals surface area contributed by atoms with E-state index in [4.69, 9.17) is 5.73 Å². The molecule has 0 aromatic heterocycles. The number of benzene rings is 2. The minimum Gasteiger partial charge on any atom is -0.337 e. The first-order chi connectivity index (χ1) is 13.1. The van der Waals surface area contributed by atoms with Crippen molar-refractivity contribution in [3.8, 4) is 0 Å². The first-order valence-corrected chi connectivity index (χ1v) is 9.30. The first kappa shape index (κ1) is 21.7. The van der Waals surface area contributed by atoms with Crippen LogP contribution in [0.2, 0.25) is 0 Å². The maximum Gasteiger partial charge on any atom is 0.322 e. The van der Waals surface area contributed by atoms with Crippen LogP contribution in [0, 0.1) is 6.92 Å². The highest BCUT2D eigenvalue weighted by Gasteiger charge is 2.25. The molecule has 0 bridgehead atoms. The molecule has 0 radical (unpaired) electrons. The van der Waals surface area contributed by atoms with E-state index in [0.29, 0.717) is 38.3 Å². The maximum atomic E-state index is 13.2. The van der Waals surface area contributed by atoms with E-state index in [0.717, 1.165) is 17.7 Å². The summed E-state index contributed by atoms with van der Waals surface area (Å²) in [6.07, 6.45) is 0.778. The summed E-state index contributed by atoms with van der Waals surface area (Å²) in [6, 6.07) is 15.5. The van der Waals surface area contributed by atoms with Gasteiger partial charge in [-0.15, -0.1) is 12.4 Å². The molecule has 6 nitrogen and oxygen atoms in total. The number of nitrogens with two attached hydrogens (primary N) is 1. The second-order valence-electron chi connectivity index (χ2n) is 6.65. The summed E-state index contributed by atoms with van der Waals surface area (Å²) < 4.78 is 0. The van der Waals surface area contributed by atoms with Crippen LogP contribution in [0.4, 0.5) is 10.5 Å². The van der Waals surface area contributed by atoms with Gasteiger partial charge in [-0.25, -0.2) is 4.79 Å². The smallest absolute Gasteiger partial charge is 0.322 e. The Hall–Kier alpha value is -2.57. The fraction of sp³-hybridized carbons (Fsp3) is 0.333. The fourth-order valence-electron chi connectivity index (χ4n) is 3.40. The molecule has 3 rings (SSSR count). The van der Waals surface area contributed by atoms with E-state index in [1.54, 1.807) is 9.80 Å². The molecule has 150 valence electrons. The molecule has 7 heteroatoms. The monoisotopic (exact) mass is 402 g/mol. The summed E-state index contributed by atoms with van der Waals surface area (Å²) >= 11 is 0. The fourth-order valence-corrected chi connectivity index (χ4v) is 3.40. The highest BCUT2D eigenvalue weighted by atomic mass is 35.5. The minimum atomic E-state index is -0.120. The molecule has 28 heavy (non-hydrogen) atoms. The number of urea groups is 1. The van der Waals surface area contributed by atoms with Gasteiger partial charge < -0.3 is 16.0 Å². The molecule has 1 fully saturated rings. The van der Waals surface area contributed by atoms with Gasteiger partial charge in [0.05, 0.1) is 0 Å². The molecular formula is C21H27ClN4O2. The van der Waals surface area contributed by atoms with Crippen molar-refractivity contribution < 1.29 is 9.59 Å². The van der Waals surface area contributed by atoms with Crippen molar-refractivity contribution in [2.24, 2.45) is 5.73 Å². The van der Waals surface area contributed by atoms with Crippen molar-refractivity contribution in [2.75, 3.05) is 37.6 Å². The molecule has 3 amide bonds. The summed E-state index contributed by atoms with van der Waals surface area (Å²) in [5, 5.41) is 2.80. The Balaban J connectivity index is 0.00000280. The molecule has 2 aromatic carbocycles. The lowest BCUT2D eigenvalue weighted by Crippen LogP contribution is -2.37. The van der Waals surface area contributed by atoms with Gasteiger partial charge in [0.1, 0.15) is 0 Å². The van der Waals surface area contributed by atoms with Crippen LogP contribution in [-0.2, 0) is 6.42 Å². The molecule has 0 atom stereocenters. The van der Waals surface area contributed by atoms with Crippen molar-refractivity contribution in [2.45, 2.75) is 13.3 Å². The number of amides is 3. The largest absolute Gasteiger partial charge is 0.337 e. The van der Waals surface area contributed by atoms with Crippen LogP contribution in [0.25, 0.3) is 0 Å². The quantitative estimate of drug-likeness (QED) is 0.747. The van der Waals surface area contributed by atoms with Crippen molar-refractivity contribution in [3.63, 3.8) is 0 Å². The van der Waals surface area contributed by atoms with Gasteiger partial charge in [0.2, 0.25) is 0 Å². The predicted molar refractivity (Wildman–Crippen MR) is 114 cm³/mol. The second-order valence-corrected chi connectivity index (χ2v) is 6.65. The molecule has 0 unspecified atom stereocenters. The third kappa shape index (κ3) is 4.82. The first-order valence-electron chi connectivity index (χ1n) is 9.30. The number of carbonyl (C=O) groups excluding carboxylic acids is 2.